The number of hydrogen-bond donors (Lipinski definition) is 2. The number of H-pyrrole nitrogens is 2. The van der Waals surface area contributed by atoms with Gasteiger partial charge in [-0.3, -0.25) is 19.8 Å². The minimum absolute atomic E-state index is 0.164. The van der Waals surface area contributed by atoms with Gasteiger partial charge in [0.2, 0.25) is 0 Å². The summed E-state index contributed by atoms with van der Waals surface area (Å²) in [7, 11) is 0. The van der Waals surface area contributed by atoms with Crippen molar-refractivity contribution in [1.29, 1.82) is 0 Å². The predicted molar refractivity (Wildman–Crippen MR) is 144 cm³/mol. The van der Waals surface area contributed by atoms with Crippen LogP contribution in [-0.2, 0) is 0 Å². The van der Waals surface area contributed by atoms with Gasteiger partial charge in [0, 0.05) is 17.3 Å². The van der Waals surface area contributed by atoms with Gasteiger partial charge >= 0.3 is 0 Å². The van der Waals surface area contributed by atoms with Crippen molar-refractivity contribution in [3.05, 3.63) is 139 Å². The summed E-state index contributed by atoms with van der Waals surface area (Å²) in [5.74, 6) is -0.153. The summed E-state index contributed by atoms with van der Waals surface area (Å²) in [6.45, 7) is 8.08. The normalized spacial score (nSPS) is 11.5. The van der Waals surface area contributed by atoms with Crippen molar-refractivity contribution in [3.63, 3.8) is 0 Å². The van der Waals surface area contributed by atoms with Crippen LogP contribution in [0.3, 0.4) is 0 Å². The lowest BCUT2D eigenvalue weighted by atomic mass is 9.84. The number of aromatic amines is 2. The summed E-state index contributed by atoms with van der Waals surface area (Å²) >= 11 is 0. The zero-order valence-electron chi connectivity index (χ0n) is 20.9. The van der Waals surface area contributed by atoms with E-state index in [1.54, 1.807) is 9.36 Å². The fraction of sp³-hybridized carbons (Fsp3) is 0.200. The molecule has 0 spiro atoms. The van der Waals surface area contributed by atoms with Gasteiger partial charge in [-0.25, -0.2) is 9.36 Å². The van der Waals surface area contributed by atoms with Gasteiger partial charge in [-0.1, -0.05) is 74.5 Å². The molecule has 6 heteroatoms. The third-order valence-corrected chi connectivity index (χ3v) is 6.78. The van der Waals surface area contributed by atoms with Crippen LogP contribution in [0, 0.1) is 13.8 Å². The van der Waals surface area contributed by atoms with Gasteiger partial charge in [-0.2, -0.15) is 0 Å². The van der Waals surface area contributed by atoms with Gasteiger partial charge in [-0.15, -0.1) is 0 Å². The largest absolute Gasteiger partial charge is 0.295 e. The van der Waals surface area contributed by atoms with E-state index >= 15 is 0 Å². The first kappa shape index (κ1) is 23.4. The Morgan fingerprint density at radius 1 is 0.583 bits per heavy atom. The highest BCUT2D eigenvalue weighted by Crippen LogP contribution is 2.33. The summed E-state index contributed by atoms with van der Waals surface area (Å²) in [5.41, 5.74) is 5.87. The second-order valence-corrected chi connectivity index (χ2v) is 9.51. The molecular weight excluding hydrogens is 448 g/mol. The molecule has 0 fully saturated rings. The number of aromatic nitrogens is 4. The smallest absolute Gasteiger partial charge is 0.275 e. The van der Waals surface area contributed by atoms with Crippen molar-refractivity contribution in [3.8, 4) is 11.4 Å². The Labute approximate surface area is 209 Å². The molecule has 3 aromatic carbocycles. The van der Waals surface area contributed by atoms with E-state index in [4.69, 9.17) is 0 Å². The monoisotopic (exact) mass is 478 g/mol. The third-order valence-electron chi connectivity index (χ3n) is 6.78. The number of aryl methyl sites for hydroxylation is 2. The molecule has 2 heterocycles. The lowest BCUT2D eigenvalue weighted by Gasteiger charge is -2.17. The van der Waals surface area contributed by atoms with Crippen molar-refractivity contribution in [2.45, 2.75) is 39.5 Å². The van der Waals surface area contributed by atoms with E-state index in [2.05, 4.69) is 36.2 Å². The van der Waals surface area contributed by atoms with Crippen LogP contribution in [0.25, 0.3) is 11.4 Å². The van der Waals surface area contributed by atoms with Crippen LogP contribution in [-0.4, -0.2) is 19.6 Å². The molecule has 0 atom stereocenters. The first-order valence-electron chi connectivity index (χ1n) is 12.2. The number of nitrogens with zero attached hydrogens (tertiary/aromatic N) is 2. The summed E-state index contributed by atoms with van der Waals surface area (Å²) in [6, 6.07) is 27.2. The predicted octanol–water partition coefficient (Wildman–Crippen LogP) is 5.57. The van der Waals surface area contributed by atoms with Crippen molar-refractivity contribution >= 4 is 0 Å². The van der Waals surface area contributed by atoms with Crippen molar-refractivity contribution in [2.24, 2.45) is 0 Å². The van der Waals surface area contributed by atoms with Gasteiger partial charge in [0.05, 0.1) is 22.5 Å². The molecule has 2 aromatic heterocycles. The molecule has 0 saturated heterocycles. The van der Waals surface area contributed by atoms with Gasteiger partial charge in [0.15, 0.2) is 0 Å². The molecule has 36 heavy (non-hydrogen) atoms. The third kappa shape index (κ3) is 4.05. The van der Waals surface area contributed by atoms with Crippen molar-refractivity contribution in [1.82, 2.24) is 19.6 Å². The first-order chi connectivity index (χ1) is 17.4. The lowest BCUT2D eigenvalue weighted by molar-refractivity contribution is 0.830. The van der Waals surface area contributed by atoms with Crippen molar-refractivity contribution < 1.29 is 0 Å². The summed E-state index contributed by atoms with van der Waals surface area (Å²) < 4.78 is 3.11. The van der Waals surface area contributed by atoms with Crippen LogP contribution in [0.1, 0.15) is 59.3 Å². The molecule has 0 aliphatic rings. The Balaban J connectivity index is 1.76. The maximum absolute atomic E-state index is 13.9. The maximum Gasteiger partial charge on any atom is 0.275 e. The second-order valence-electron chi connectivity index (χ2n) is 9.51. The first-order valence-corrected chi connectivity index (χ1v) is 12.2. The van der Waals surface area contributed by atoms with Crippen LogP contribution < -0.4 is 11.1 Å². The van der Waals surface area contributed by atoms with Crippen LogP contribution in [0.2, 0.25) is 0 Å². The molecule has 0 unspecified atom stereocenters. The second kappa shape index (κ2) is 9.38. The summed E-state index contributed by atoms with van der Waals surface area (Å²) in [6.07, 6.45) is 0. The standard InChI is InChI=1S/C30H30N4O2/c1-19(2)22-15-17-23(18-16-22)28(26-20(3)31-33(29(26)35)24-11-7-5-8-12-24)27-21(4)32-34(30(27)36)25-13-9-6-10-14-25/h5-19,28,31-32H,1-4H3. The molecule has 0 aliphatic carbocycles. The molecule has 2 N–H and O–H groups in total. The molecule has 0 bridgehead atoms. The average Bonchev–Trinajstić information content (AvgIpc) is 3.36. The molecule has 0 saturated carbocycles. The number of benzene rings is 3. The lowest BCUT2D eigenvalue weighted by Crippen LogP contribution is -2.25. The Morgan fingerprint density at radius 2 is 0.972 bits per heavy atom. The topological polar surface area (TPSA) is 75.6 Å². The Morgan fingerprint density at radius 3 is 1.36 bits per heavy atom. The Kier molecular flexibility index (Phi) is 6.10. The van der Waals surface area contributed by atoms with Crippen LogP contribution in [0.15, 0.2) is 94.5 Å². The highest BCUT2D eigenvalue weighted by atomic mass is 16.1. The van der Waals surface area contributed by atoms with Gasteiger partial charge in [-0.05, 0) is 55.2 Å². The molecular formula is C30H30N4O2. The number of rotatable bonds is 6. The average molecular weight is 479 g/mol. The molecule has 182 valence electrons. The van der Waals surface area contributed by atoms with Crippen LogP contribution >= 0.6 is 0 Å². The highest BCUT2D eigenvalue weighted by Gasteiger charge is 2.30. The van der Waals surface area contributed by atoms with Crippen LogP contribution in [0.4, 0.5) is 0 Å². The zero-order chi connectivity index (χ0) is 25.4. The SMILES string of the molecule is Cc1[nH]n(-c2ccccc2)c(=O)c1C(c1ccc(C(C)C)cc1)c1c(C)[nH]n(-c2ccccc2)c1=O. The summed E-state index contributed by atoms with van der Waals surface area (Å²) in [5, 5.41) is 6.48. The Bertz CT molecular complexity index is 1500. The summed E-state index contributed by atoms with van der Waals surface area (Å²) in [4.78, 5) is 27.7. The fourth-order valence-corrected chi connectivity index (χ4v) is 4.87. The zero-order valence-corrected chi connectivity index (χ0v) is 20.9. The van der Waals surface area contributed by atoms with E-state index in [0.29, 0.717) is 17.0 Å². The van der Waals surface area contributed by atoms with E-state index in [1.807, 2.05) is 86.6 Å². The maximum atomic E-state index is 13.9. The highest BCUT2D eigenvalue weighted by molar-refractivity contribution is 5.48. The van der Waals surface area contributed by atoms with E-state index < -0.39 is 5.92 Å². The van der Waals surface area contributed by atoms with E-state index in [0.717, 1.165) is 28.3 Å². The minimum atomic E-state index is -0.534. The molecule has 0 amide bonds. The number of nitrogens with one attached hydrogen (secondary N) is 2. The van der Waals surface area contributed by atoms with E-state index in [9.17, 15) is 9.59 Å². The quantitative estimate of drug-likeness (QED) is 0.335. The van der Waals surface area contributed by atoms with E-state index in [-0.39, 0.29) is 11.1 Å². The van der Waals surface area contributed by atoms with Gasteiger partial charge in [0.25, 0.3) is 11.1 Å². The van der Waals surface area contributed by atoms with Crippen molar-refractivity contribution in [2.75, 3.05) is 0 Å². The molecule has 5 aromatic rings. The molecule has 6 nitrogen and oxygen atoms in total. The molecule has 0 radical (unpaired) electrons. The fourth-order valence-electron chi connectivity index (χ4n) is 4.87. The van der Waals surface area contributed by atoms with Gasteiger partial charge < -0.3 is 0 Å². The number of para-hydroxylation sites is 2. The van der Waals surface area contributed by atoms with Gasteiger partial charge in [0.1, 0.15) is 0 Å². The number of hydrogen-bond acceptors (Lipinski definition) is 2. The molecule has 5 rings (SSSR count). The van der Waals surface area contributed by atoms with E-state index in [1.165, 1.54) is 5.56 Å². The minimum Gasteiger partial charge on any atom is -0.295 e. The Hall–Kier alpha value is -4.32. The molecule has 0 aliphatic heterocycles. The van der Waals surface area contributed by atoms with Crippen LogP contribution in [0.5, 0.6) is 0 Å².